The van der Waals surface area contributed by atoms with Crippen molar-refractivity contribution < 1.29 is 14.3 Å². The highest BCUT2D eigenvalue weighted by Crippen LogP contribution is 2.28. The number of hydrogen-bond donors (Lipinski definition) is 1. The molecule has 0 aliphatic rings. The van der Waals surface area contributed by atoms with Crippen LogP contribution in [0.3, 0.4) is 0 Å². The van der Waals surface area contributed by atoms with E-state index in [0.717, 1.165) is 16.1 Å². The molecule has 0 atom stereocenters. The molecule has 0 fully saturated rings. The lowest BCUT2D eigenvalue weighted by molar-refractivity contribution is -0.118. The van der Waals surface area contributed by atoms with E-state index in [2.05, 4.69) is 5.32 Å². The van der Waals surface area contributed by atoms with Gasteiger partial charge >= 0.3 is 0 Å². The molecular weight excluding hydrogens is 322 g/mol. The maximum atomic E-state index is 12.0. The number of carbonyl (C=O) groups is 1. The lowest BCUT2D eigenvalue weighted by Gasteiger charge is -2.11. The van der Waals surface area contributed by atoms with Crippen LogP contribution in [-0.4, -0.2) is 25.9 Å². The fourth-order valence-electron chi connectivity index (χ4n) is 2.11. The first kappa shape index (κ1) is 17.9. The van der Waals surface area contributed by atoms with E-state index in [0.29, 0.717) is 11.5 Å². The van der Waals surface area contributed by atoms with Gasteiger partial charge in [-0.05, 0) is 55.1 Å². The summed E-state index contributed by atoms with van der Waals surface area (Å²) in [6.45, 7) is 1.87. The second-order valence-corrected chi connectivity index (χ2v) is 5.86. The summed E-state index contributed by atoms with van der Waals surface area (Å²) < 4.78 is 10.9. The molecule has 1 amide bonds. The van der Waals surface area contributed by atoms with Crippen molar-refractivity contribution in [3.8, 4) is 11.5 Å². The van der Waals surface area contributed by atoms with E-state index in [9.17, 15) is 4.79 Å². The van der Waals surface area contributed by atoms with Crippen LogP contribution >= 0.6 is 11.8 Å². The lowest BCUT2D eigenvalue weighted by Crippen LogP contribution is -2.20. The third-order valence-corrected chi connectivity index (χ3v) is 4.02. The number of rotatable bonds is 7. The molecule has 24 heavy (non-hydrogen) atoms. The molecule has 0 aliphatic carbocycles. The number of nitrogens with one attached hydrogen (secondary N) is 1. The summed E-state index contributed by atoms with van der Waals surface area (Å²) in [5.41, 5.74) is 1.76. The van der Waals surface area contributed by atoms with Crippen LogP contribution < -0.4 is 14.8 Å². The molecule has 0 bridgehead atoms. The minimum atomic E-state index is -0.216. The SMILES string of the molecule is C/C=C/c1ccc(OCC(=O)Nc2ccc(SC)cc2)c(OC)c1. The Morgan fingerprint density at radius 2 is 1.92 bits per heavy atom. The Kier molecular flexibility index (Phi) is 6.75. The summed E-state index contributed by atoms with van der Waals surface area (Å²) in [6, 6.07) is 13.3. The number of benzene rings is 2. The van der Waals surface area contributed by atoms with E-state index < -0.39 is 0 Å². The van der Waals surface area contributed by atoms with E-state index in [1.165, 1.54) is 0 Å². The molecule has 0 saturated carbocycles. The second-order valence-electron chi connectivity index (χ2n) is 4.98. The van der Waals surface area contributed by atoms with Gasteiger partial charge < -0.3 is 14.8 Å². The van der Waals surface area contributed by atoms with Crippen LogP contribution in [0.15, 0.2) is 53.4 Å². The molecule has 2 aromatic carbocycles. The number of thioether (sulfide) groups is 1. The maximum absolute atomic E-state index is 12.0. The van der Waals surface area contributed by atoms with E-state index >= 15 is 0 Å². The number of methoxy groups -OCH3 is 1. The van der Waals surface area contributed by atoms with Gasteiger partial charge in [-0.2, -0.15) is 0 Å². The standard InChI is InChI=1S/C19H21NO3S/c1-4-5-14-6-11-17(18(12-14)22-2)23-13-19(21)20-15-7-9-16(24-3)10-8-15/h4-12H,13H2,1-3H3,(H,20,21)/b5-4+. The Hall–Kier alpha value is -2.40. The Bertz CT molecular complexity index is 711. The first-order valence-electron chi connectivity index (χ1n) is 7.53. The van der Waals surface area contributed by atoms with Crippen molar-refractivity contribution in [3.05, 3.63) is 54.1 Å². The molecule has 2 aromatic rings. The molecule has 126 valence electrons. The number of anilines is 1. The molecular formula is C19H21NO3S. The largest absolute Gasteiger partial charge is 0.493 e. The Morgan fingerprint density at radius 1 is 1.17 bits per heavy atom. The van der Waals surface area contributed by atoms with Crippen molar-refractivity contribution in [3.63, 3.8) is 0 Å². The van der Waals surface area contributed by atoms with Crippen molar-refractivity contribution >= 4 is 29.4 Å². The normalized spacial score (nSPS) is 10.6. The van der Waals surface area contributed by atoms with E-state index in [4.69, 9.17) is 9.47 Å². The minimum Gasteiger partial charge on any atom is -0.493 e. The minimum absolute atomic E-state index is 0.0798. The van der Waals surface area contributed by atoms with Crippen LogP contribution in [0, 0.1) is 0 Å². The zero-order valence-corrected chi connectivity index (χ0v) is 14.9. The van der Waals surface area contributed by atoms with Crippen molar-refractivity contribution in [2.45, 2.75) is 11.8 Å². The van der Waals surface area contributed by atoms with Crippen molar-refractivity contribution in [1.82, 2.24) is 0 Å². The summed E-state index contributed by atoms with van der Waals surface area (Å²) in [5, 5.41) is 2.81. The van der Waals surface area contributed by atoms with E-state index in [-0.39, 0.29) is 12.5 Å². The monoisotopic (exact) mass is 343 g/mol. The molecule has 0 heterocycles. The van der Waals surface area contributed by atoms with Gasteiger partial charge in [-0.1, -0.05) is 18.2 Å². The highest BCUT2D eigenvalue weighted by Gasteiger charge is 2.08. The third-order valence-electron chi connectivity index (χ3n) is 3.28. The summed E-state index contributed by atoms with van der Waals surface area (Å²) in [6.07, 6.45) is 5.93. The van der Waals surface area contributed by atoms with Gasteiger partial charge in [0.1, 0.15) is 0 Å². The second kappa shape index (κ2) is 9.03. The van der Waals surface area contributed by atoms with Gasteiger partial charge in [0, 0.05) is 10.6 Å². The van der Waals surface area contributed by atoms with Crippen LogP contribution in [0.4, 0.5) is 5.69 Å². The summed E-state index contributed by atoms with van der Waals surface area (Å²) >= 11 is 1.66. The molecule has 0 unspecified atom stereocenters. The molecule has 0 radical (unpaired) electrons. The van der Waals surface area contributed by atoms with Crippen LogP contribution in [0.25, 0.3) is 6.08 Å². The van der Waals surface area contributed by atoms with Crippen molar-refractivity contribution in [2.75, 3.05) is 25.3 Å². The summed E-state index contributed by atoms with van der Waals surface area (Å²) in [5.74, 6) is 0.924. The molecule has 0 aromatic heterocycles. The predicted molar refractivity (Wildman–Crippen MR) is 100 cm³/mol. The molecule has 5 heteroatoms. The third kappa shape index (κ3) is 5.06. The Morgan fingerprint density at radius 3 is 2.54 bits per heavy atom. The predicted octanol–water partition coefficient (Wildman–Crippen LogP) is 4.47. The summed E-state index contributed by atoms with van der Waals surface area (Å²) in [7, 11) is 1.58. The first-order valence-corrected chi connectivity index (χ1v) is 8.76. The number of ether oxygens (including phenoxy) is 2. The van der Waals surface area contributed by atoms with Crippen LogP contribution in [0.1, 0.15) is 12.5 Å². The highest BCUT2D eigenvalue weighted by atomic mass is 32.2. The van der Waals surface area contributed by atoms with Crippen LogP contribution in [0.5, 0.6) is 11.5 Å². The van der Waals surface area contributed by atoms with Gasteiger partial charge in [-0.3, -0.25) is 4.79 Å². The molecule has 0 spiro atoms. The molecule has 0 saturated heterocycles. The lowest BCUT2D eigenvalue weighted by atomic mass is 10.2. The fourth-order valence-corrected chi connectivity index (χ4v) is 2.52. The first-order chi connectivity index (χ1) is 11.7. The molecule has 0 aliphatic heterocycles. The molecule has 1 N–H and O–H groups in total. The Labute approximate surface area is 146 Å². The number of hydrogen-bond acceptors (Lipinski definition) is 4. The quantitative estimate of drug-likeness (QED) is 0.754. The highest BCUT2D eigenvalue weighted by molar-refractivity contribution is 7.98. The number of allylic oxidation sites excluding steroid dienone is 1. The van der Waals surface area contributed by atoms with Gasteiger partial charge in [-0.25, -0.2) is 0 Å². The van der Waals surface area contributed by atoms with Gasteiger partial charge in [0.15, 0.2) is 18.1 Å². The van der Waals surface area contributed by atoms with Gasteiger partial charge in [0.05, 0.1) is 7.11 Å². The van der Waals surface area contributed by atoms with Crippen LogP contribution in [-0.2, 0) is 4.79 Å². The van der Waals surface area contributed by atoms with Gasteiger partial charge in [-0.15, -0.1) is 11.8 Å². The smallest absolute Gasteiger partial charge is 0.262 e. The average Bonchev–Trinajstić information content (AvgIpc) is 2.61. The molecule has 2 rings (SSSR count). The number of amides is 1. The average molecular weight is 343 g/mol. The zero-order valence-electron chi connectivity index (χ0n) is 14.0. The van der Waals surface area contributed by atoms with E-state index in [1.54, 1.807) is 24.9 Å². The summed E-state index contributed by atoms with van der Waals surface area (Å²) in [4.78, 5) is 13.2. The van der Waals surface area contributed by atoms with Crippen molar-refractivity contribution in [2.24, 2.45) is 0 Å². The van der Waals surface area contributed by atoms with Gasteiger partial charge in [0.25, 0.3) is 5.91 Å². The fraction of sp³-hybridized carbons (Fsp3) is 0.211. The number of carbonyl (C=O) groups excluding carboxylic acids is 1. The topological polar surface area (TPSA) is 47.6 Å². The molecule has 4 nitrogen and oxygen atoms in total. The maximum Gasteiger partial charge on any atom is 0.262 e. The van der Waals surface area contributed by atoms with Crippen molar-refractivity contribution in [1.29, 1.82) is 0 Å². The van der Waals surface area contributed by atoms with Crippen LogP contribution in [0.2, 0.25) is 0 Å². The van der Waals surface area contributed by atoms with Gasteiger partial charge in [0.2, 0.25) is 0 Å². The zero-order chi connectivity index (χ0) is 17.4. The Balaban J connectivity index is 1.95. The van der Waals surface area contributed by atoms with E-state index in [1.807, 2.05) is 61.7 Å².